The number of nitrogens with two attached hydrogens (primary N) is 1. The van der Waals surface area contributed by atoms with Crippen molar-refractivity contribution >= 4 is 17.5 Å². The van der Waals surface area contributed by atoms with E-state index in [4.69, 9.17) is 33.6 Å². The summed E-state index contributed by atoms with van der Waals surface area (Å²) < 4.78 is 6.22. The number of alkyl halides is 1. The van der Waals surface area contributed by atoms with Gasteiger partial charge in [0.2, 0.25) is 5.95 Å². The van der Waals surface area contributed by atoms with Gasteiger partial charge in [-0.15, -0.1) is 6.42 Å². The van der Waals surface area contributed by atoms with Crippen molar-refractivity contribution in [1.82, 2.24) is 14.5 Å². The molecule has 1 aliphatic rings. The lowest BCUT2D eigenvalue weighted by molar-refractivity contribution is -0.0467. The Morgan fingerprint density at radius 3 is 2.95 bits per heavy atom. The van der Waals surface area contributed by atoms with E-state index in [9.17, 15) is 9.90 Å². The quantitative estimate of drug-likeness (QED) is 0.428. The number of ether oxygens (including phenoxy) is 1. The van der Waals surface area contributed by atoms with E-state index in [0.29, 0.717) is 0 Å². The minimum absolute atomic E-state index is 0.209. The zero-order chi connectivity index (χ0) is 14.2. The summed E-state index contributed by atoms with van der Waals surface area (Å²) in [4.78, 5) is 17.1. The standard InChI is InChI=1S/C10H11ClN4O4/c1-2-10(11)6(17)5(3-16)19-7(10)15-4-13-8(12)14-9(15)18/h1,4-7,16-17H,3H2,(H2,12,14,18)/t5-,6?,7-,10?/m1/s1. The number of aromatic nitrogens is 3. The maximum absolute atomic E-state index is 11.7. The molecule has 102 valence electrons. The van der Waals surface area contributed by atoms with Gasteiger partial charge in [-0.25, -0.2) is 9.78 Å². The van der Waals surface area contributed by atoms with Crippen molar-refractivity contribution in [3.05, 3.63) is 16.8 Å². The van der Waals surface area contributed by atoms with Crippen molar-refractivity contribution in [3.8, 4) is 12.3 Å². The van der Waals surface area contributed by atoms with Crippen LogP contribution in [0.2, 0.25) is 0 Å². The Morgan fingerprint density at radius 2 is 2.42 bits per heavy atom. The van der Waals surface area contributed by atoms with E-state index in [1.807, 2.05) is 0 Å². The molecule has 1 fully saturated rings. The lowest BCUT2D eigenvalue weighted by Gasteiger charge is -2.24. The van der Waals surface area contributed by atoms with Gasteiger partial charge in [0.25, 0.3) is 0 Å². The van der Waals surface area contributed by atoms with Crippen molar-refractivity contribution < 1.29 is 14.9 Å². The highest BCUT2D eigenvalue weighted by Crippen LogP contribution is 2.42. The predicted octanol–water partition coefficient (Wildman–Crippen LogP) is -1.92. The second-order valence-corrected chi connectivity index (χ2v) is 4.60. The van der Waals surface area contributed by atoms with Crippen LogP contribution in [0, 0.1) is 12.3 Å². The highest BCUT2D eigenvalue weighted by molar-refractivity contribution is 6.27. The first kappa shape index (κ1) is 13.8. The minimum atomic E-state index is -1.71. The average Bonchev–Trinajstić information content (AvgIpc) is 2.63. The molecule has 0 bridgehead atoms. The van der Waals surface area contributed by atoms with Crippen LogP contribution < -0.4 is 11.4 Å². The molecule has 0 saturated carbocycles. The summed E-state index contributed by atoms with van der Waals surface area (Å²) in [5, 5.41) is 19.0. The molecule has 8 nitrogen and oxygen atoms in total. The van der Waals surface area contributed by atoms with E-state index < -0.39 is 35.6 Å². The number of aliphatic hydroxyl groups excluding tert-OH is 2. The fourth-order valence-corrected chi connectivity index (χ4v) is 2.14. The summed E-state index contributed by atoms with van der Waals surface area (Å²) in [6.07, 6.45) is 2.80. The van der Waals surface area contributed by atoms with Crippen LogP contribution in [-0.4, -0.2) is 48.4 Å². The molecule has 9 heteroatoms. The molecule has 2 heterocycles. The summed E-state index contributed by atoms with van der Waals surface area (Å²) in [5.41, 5.74) is 4.49. The van der Waals surface area contributed by atoms with Gasteiger partial charge in [-0.2, -0.15) is 4.98 Å². The monoisotopic (exact) mass is 286 g/mol. The summed E-state index contributed by atoms with van der Waals surface area (Å²) in [6, 6.07) is 0. The third-order valence-corrected chi connectivity index (χ3v) is 3.36. The van der Waals surface area contributed by atoms with Crippen molar-refractivity contribution in [1.29, 1.82) is 0 Å². The molecule has 19 heavy (non-hydrogen) atoms. The minimum Gasteiger partial charge on any atom is -0.394 e. The average molecular weight is 287 g/mol. The Morgan fingerprint density at radius 1 is 1.74 bits per heavy atom. The number of terminal acetylenes is 1. The van der Waals surface area contributed by atoms with Crippen molar-refractivity contribution in [3.63, 3.8) is 0 Å². The summed E-state index contributed by atoms with van der Waals surface area (Å²) in [7, 11) is 0. The van der Waals surface area contributed by atoms with Gasteiger partial charge in [0.15, 0.2) is 11.1 Å². The zero-order valence-corrected chi connectivity index (χ0v) is 10.4. The van der Waals surface area contributed by atoms with Crippen molar-refractivity contribution in [2.45, 2.75) is 23.3 Å². The highest BCUT2D eigenvalue weighted by atomic mass is 35.5. The predicted molar refractivity (Wildman–Crippen MR) is 65.1 cm³/mol. The summed E-state index contributed by atoms with van der Waals surface area (Å²) >= 11 is 6.12. The lowest BCUT2D eigenvalue weighted by Crippen LogP contribution is -2.43. The number of hydrogen-bond donors (Lipinski definition) is 3. The Hall–Kier alpha value is -1.66. The van der Waals surface area contributed by atoms with Crippen molar-refractivity contribution in [2.75, 3.05) is 12.3 Å². The van der Waals surface area contributed by atoms with Gasteiger partial charge in [-0.05, 0) is 0 Å². The van der Waals surface area contributed by atoms with Gasteiger partial charge < -0.3 is 20.7 Å². The lowest BCUT2D eigenvalue weighted by atomic mass is 10.00. The molecule has 0 aliphatic carbocycles. The number of hydrogen-bond acceptors (Lipinski definition) is 7. The number of halogens is 1. The summed E-state index contributed by atoms with van der Waals surface area (Å²) in [6.45, 7) is -0.502. The van der Waals surface area contributed by atoms with Gasteiger partial charge in [-0.3, -0.25) is 4.57 Å². The number of anilines is 1. The number of rotatable bonds is 2. The van der Waals surface area contributed by atoms with Crippen LogP contribution in [0.3, 0.4) is 0 Å². The maximum atomic E-state index is 11.7. The topological polar surface area (TPSA) is 123 Å². The first-order valence-corrected chi connectivity index (χ1v) is 5.63. The molecule has 2 unspecified atom stereocenters. The van der Waals surface area contributed by atoms with Crippen LogP contribution in [0.15, 0.2) is 11.1 Å². The maximum Gasteiger partial charge on any atom is 0.354 e. The summed E-state index contributed by atoms with van der Waals surface area (Å²) in [5.74, 6) is 1.97. The smallest absolute Gasteiger partial charge is 0.354 e. The fourth-order valence-electron chi connectivity index (χ4n) is 1.84. The van der Waals surface area contributed by atoms with E-state index in [1.165, 1.54) is 0 Å². The normalized spacial score (nSPS) is 34.1. The second kappa shape index (κ2) is 4.79. The van der Waals surface area contributed by atoms with Crippen LogP contribution in [0.5, 0.6) is 0 Å². The van der Waals surface area contributed by atoms with E-state index in [0.717, 1.165) is 10.9 Å². The molecular weight excluding hydrogens is 276 g/mol. The zero-order valence-electron chi connectivity index (χ0n) is 9.60. The van der Waals surface area contributed by atoms with E-state index >= 15 is 0 Å². The number of aliphatic hydroxyl groups is 2. The Balaban J connectivity index is 2.49. The van der Waals surface area contributed by atoms with Gasteiger partial charge in [0.1, 0.15) is 18.5 Å². The fraction of sp³-hybridized carbons (Fsp3) is 0.500. The van der Waals surface area contributed by atoms with Gasteiger partial charge in [0.05, 0.1) is 6.61 Å². The largest absolute Gasteiger partial charge is 0.394 e. The third kappa shape index (κ3) is 2.06. The number of nitrogen functional groups attached to an aromatic ring is 1. The molecule has 4 atom stereocenters. The van der Waals surface area contributed by atoms with Gasteiger partial charge >= 0.3 is 5.69 Å². The molecular formula is C10H11ClN4O4. The van der Waals surface area contributed by atoms with E-state index in [2.05, 4.69) is 15.9 Å². The Labute approximate surface area is 112 Å². The SMILES string of the molecule is C#CC1(Cl)C(O)[C@@H](CO)O[C@H]1n1cnc(N)nc1=O. The first-order valence-electron chi connectivity index (χ1n) is 5.25. The highest BCUT2D eigenvalue weighted by Gasteiger charge is 2.55. The molecule has 0 spiro atoms. The van der Waals surface area contributed by atoms with E-state index in [1.54, 1.807) is 0 Å². The molecule has 0 amide bonds. The molecule has 1 aromatic heterocycles. The third-order valence-electron chi connectivity index (χ3n) is 2.84. The molecule has 0 aromatic carbocycles. The van der Waals surface area contributed by atoms with Gasteiger partial charge in [0, 0.05) is 0 Å². The molecule has 1 saturated heterocycles. The number of nitrogens with zero attached hydrogens (tertiary/aromatic N) is 3. The van der Waals surface area contributed by atoms with Crippen LogP contribution in [0.25, 0.3) is 0 Å². The molecule has 1 aromatic rings. The molecule has 0 radical (unpaired) electrons. The van der Waals surface area contributed by atoms with Crippen LogP contribution >= 0.6 is 11.6 Å². The first-order chi connectivity index (χ1) is 8.93. The molecule has 2 rings (SSSR count). The van der Waals surface area contributed by atoms with Gasteiger partial charge in [-0.1, -0.05) is 17.5 Å². The molecule has 1 aliphatic heterocycles. The van der Waals surface area contributed by atoms with Crippen LogP contribution in [0.1, 0.15) is 6.23 Å². The Bertz CT molecular complexity index is 586. The van der Waals surface area contributed by atoms with Crippen LogP contribution in [0.4, 0.5) is 5.95 Å². The van der Waals surface area contributed by atoms with Crippen molar-refractivity contribution in [2.24, 2.45) is 0 Å². The Kier molecular flexibility index (Phi) is 3.47. The second-order valence-electron chi connectivity index (χ2n) is 3.97. The van der Waals surface area contributed by atoms with E-state index in [-0.39, 0.29) is 5.95 Å². The van der Waals surface area contributed by atoms with Crippen LogP contribution in [-0.2, 0) is 4.74 Å². The molecule has 4 N–H and O–H groups in total.